The largest absolute Gasteiger partial charge is 0.385 e. The van der Waals surface area contributed by atoms with Gasteiger partial charge in [0.25, 0.3) is 0 Å². The number of rotatable bonds is 1. The van der Waals surface area contributed by atoms with Crippen LogP contribution in [-0.4, -0.2) is 16.5 Å². The van der Waals surface area contributed by atoms with Gasteiger partial charge in [-0.2, -0.15) is 0 Å². The molecular weight excluding hydrogens is 210 g/mol. The summed E-state index contributed by atoms with van der Waals surface area (Å²) in [5.41, 5.74) is 4.74. The van der Waals surface area contributed by atoms with E-state index in [4.69, 9.17) is 0 Å². The SMILES string of the molecule is Cc1ccnc(-c2ccc3c(c2)CCCN3)n1. The monoisotopic (exact) mass is 225 g/mol. The zero-order valence-electron chi connectivity index (χ0n) is 9.90. The Bertz CT molecular complexity index is 549. The van der Waals surface area contributed by atoms with E-state index in [1.807, 2.05) is 19.2 Å². The van der Waals surface area contributed by atoms with E-state index >= 15 is 0 Å². The van der Waals surface area contributed by atoms with Crippen molar-refractivity contribution in [3.05, 3.63) is 41.7 Å². The lowest BCUT2D eigenvalue weighted by molar-refractivity contribution is 0.830. The molecule has 3 heteroatoms. The molecule has 1 N–H and O–H groups in total. The summed E-state index contributed by atoms with van der Waals surface area (Å²) in [7, 11) is 0. The standard InChI is InChI=1S/C14H15N3/c1-10-6-8-16-14(17-10)12-4-5-13-11(9-12)3-2-7-15-13/h4-6,8-9,15H,2-3,7H2,1H3. The first-order chi connectivity index (χ1) is 8.33. The first-order valence-corrected chi connectivity index (χ1v) is 6.00. The molecule has 2 heterocycles. The normalized spacial score (nSPS) is 13.9. The molecule has 0 spiro atoms. The molecule has 1 aliphatic rings. The summed E-state index contributed by atoms with van der Waals surface area (Å²) >= 11 is 0. The van der Waals surface area contributed by atoms with Crippen LogP contribution in [0, 0.1) is 6.92 Å². The van der Waals surface area contributed by atoms with Crippen molar-refractivity contribution in [2.24, 2.45) is 0 Å². The minimum Gasteiger partial charge on any atom is -0.385 e. The zero-order valence-corrected chi connectivity index (χ0v) is 9.90. The molecule has 0 unspecified atom stereocenters. The van der Waals surface area contributed by atoms with Gasteiger partial charge in [0.1, 0.15) is 0 Å². The van der Waals surface area contributed by atoms with Crippen molar-refractivity contribution in [2.75, 3.05) is 11.9 Å². The molecule has 0 aliphatic carbocycles. The fourth-order valence-electron chi connectivity index (χ4n) is 2.20. The van der Waals surface area contributed by atoms with Crippen LogP contribution in [0.3, 0.4) is 0 Å². The topological polar surface area (TPSA) is 37.8 Å². The smallest absolute Gasteiger partial charge is 0.159 e. The first kappa shape index (κ1) is 10.3. The van der Waals surface area contributed by atoms with Crippen LogP contribution in [0.1, 0.15) is 17.7 Å². The van der Waals surface area contributed by atoms with E-state index in [-0.39, 0.29) is 0 Å². The zero-order chi connectivity index (χ0) is 11.7. The summed E-state index contributed by atoms with van der Waals surface area (Å²) in [6.07, 6.45) is 4.16. The van der Waals surface area contributed by atoms with Gasteiger partial charge < -0.3 is 5.32 Å². The van der Waals surface area contributed by atoms with Crippen LogP contribution in [0.25, 0.3) is 11.4 Å². The predicted molar refractivity (Wildman–Crippen MR) is 69.0 cm³/mol. The van der Waals surface area contributed by atoms with Gasteiger partial charge in [-0.25, -0.2) is 9.97 Å². The average molecular weight is 225 g/mol. The molecular formula is C14H15N3. The Morgan fingerprint density at radius 2 is 2.18 bits per heavy atom. The maximum absolute atomic E-state index is 4.46. The van der Waals surface area contributed by atoms with Crippen molar-refractivity contribution < 1.29 is 0 Å². The number of nitrogens with zero attached hydrogens (tertiary/aromatic N) is 2. The molecule has 0 fully saturated rings. The summed E-state index contributed by atoms with van der Waals surface area (Å²) in [5.74, 6) is 0.818. The van der Waals surface area contributed by atoms with Crippen molar-refractivity contribution in [3.8, 4) is 11.4 Å². The van der Waals surface area contributed by atoms with Crippen LogP contribution in [0.5, 0.6) is 0 Å². The Kier molecular flexibility index (Phi) is 2.52. The number of aromatic nitrogens is 2. The maximum Gasteiger partial charge on any atom is 0.159 e. The summed E-state index contributed by atoms with van der Waals surface area (Å²) in [5, 5.41) is 3.41. The third-order valence-electron chi connectivity index (χ3n) is 3.10. The summed E-state index contributed by atoms with van der Waals surface area (Å²) in [4.78, 5) is 8.79. The highest BCUT2D eigenvalue weighted by Gasteiger charge is 2.10. The van der Waals surface area contributed by atoms with E-state index in [9.17, 15) is 0 Å². The van der Waals surface area contributed by atoms with Crippen molar-refractivity contribution in [2.45, 2.75) is 19.8 Å². The number of hydrogen-bond acceptors (Lipinski definition) is 3. The molecule has 1 aromatic carbocycles. The van der Waals surface area contributed by atoms with Gasteiger partial charge in [-0.3, -0.25) is 0 Å². The maximum atomic E-state index is 4.46. The van der Waals surface area contributed by atoms with Gasteiger partial charge >= 0.3 is 0 Å². The molecule has 0 saturated heterocycles. The van der Waals surface area contributed by atoms with Crippen molar-refractivity contribution in [1.29, 1.82) is 0 Å². The Morgan fingerprint density at radius 3 is 3.06 bits per heavy atom. The highest BCUT2D eigenvalue weighted by atomic mass is 14.9. The number of nitrogens with one attached hydrogen (secondary N) is 1. The van der Waals surface area contributed by atoms with Crippen LogP contribution in [0.15, 0.2) is 30.5 Å². The van der Waals surface area contributed by atoms with Gasteiger partial charge in [-0.15, -0.1) is 0 Å². The van der Waals surface area contributed by atoms with Crippen LogP contribution in [0.2, 0.25) is 0 Å². The predicted octanol–water partition coefficient (Wildman–Crippen LogP) is 2.81. The molecule has 0 radical (unpaired) electrons. The third kappa shape index (κ3) is 2.00. The van der Waals surface area contributed by atoms with E-state index in [0.717, 1.165) is 30.0 Å². The summed E-state index contributed by atoms with van der Waals surface area (Å²) < 4.78 is 0. The Balaban J connectivity index is 2.04. The number of fused-ring (bicyclic) bond motifs is 1. The molecule has 1 aromatic heterocycles. The molecule has 0 amide bonds. The third-order valence-corrected chi connectivity index (χ3v) is 3.10. The van der Waals surface area contributed by atoms with E-state index < -0.39 is 0 Å². The molecule has 2 aromatic rings. The van der Waals surface area contributed by atoms with Gasteiger partial charge in [0, 0.05) is 29.7 Å². The minimum atomic E-state index is 0.818. The van der Waals surface area contributed by atoms with Gasteiger partial charge in [0.2, 0.25) is 0 Å². The molecule has 17 heavy (non-hydrogen) atoms. The summed E-state index contributed by atoms with van der Waals surface area (Å²) in [6.45, 7) is 3.07. The van der Waals surface area contributed by atoms with Crippen molar-refractivity contribution in [3.63, 3.8) is 0 Å². The molecule has 86 valence electrons. The van der Waals surface area contributed by atoms with E-state index in [0.29, 0.717) is 0 Å². The van der Waals surface area contributed by atoms with E-state index in [1.165, 1.54) is 17.7 Å². The highest BCUT2D eigenvalue weighted by Crippen LogP contribution is 2.26. The Morgan fingerprint density at radius 1 is 1.24 bits per heavy atom. The van der Waals surface area contributed by atoms with Crippen LogP contribution in [0.4, 0.5) is 5.69 Å². The molecule has 0 atom stereocenters. The average Bonchev–Trinajstić information content (AvgIpc) is 2.38. The van der Waals surface area contributed by atoms with Gasteiger partial charge in [-0.1, -0.05) is 0 Å². The lowest BCUT2D eigenvalue weighted by atomic mass is 10.0. The number of aryl methyl sites for hydroxylation is 2. The van der Waals surface area contributed by atoms with Crippen molar-refractivity contribution in [1.82, 2.24) is 9.97 Å². The Hall–Kier alpha value is -1.90. The fraction of sp³-hybridized carbons (Fsp3) is 0.286. The van der Waals surface area contributed by atoms with Crippen LogP contribution in [-0.2, 0) is 6.42 Å². The first-order valence-electron chi connectivity index (χ1n) is 6.00. The minimum absolute atomic E-state index is 0.818. The fourth-order valence-corrected chi connectivity index (χ4v) is 2.20. The van der Waals surface area contributed by atoms with Crippen LogP contribution < -0.4 is 5.32 Å². The van der Waals surface area contributed by atoms with Gasteiger partial charge in [-0.05, 0) is 49.6 Å². The van der Waals surface area contributed by atoms with E-state index in [2.05, 4.69) is 33.5 Å². The van der Waals surface area contributed by atoms with Crippen molar-refractivity contribution >= 4 is 5.69 Å². The second-order valence-electron chi connectivity index (χ2n) is 4.42. The lowest BCUT2D eigenvalue weighted by Gasteiger charge is -2.18. The molecule has 1 aliphatic heterocycles. The van der Waals surface area contributed by atoms with Crippen LogP contribution >= 0.6 is 0 Å². The second-order valence-corrected chi connectivity index (χ2v) is 4.42. The number of benzene rings is 1. The van der Waals surface area contributed by atoms with E-state index in [1.54, 1.807) is 0 Å². The van der Waals surface area contributed by atoms with Gasteiger partial charge in [0.15, 0.2) is 5.82 Å². The highest BCUT2D eigenvalue weighted by molar-refractivity contribution is 5.64. The quantitative estimate of drug-likeness (QED) is 0.811. The molecule has 3 rings (SSSR count). The number of hydrogen-bond donors (Lipinski definition) is 1. The molecule has 3 nitrogen and oxygen atoms in total. The summed E-state index contributed by atoms with van der Waals surface area (Å²) in [6, 6.07) is 8.35. The Labute approximate surface area is 101 Å². The lowest BCUT2D eigenvalue weighted by Crippen LogP contribution is -2.11. The molecule has 0 saturated carbocycles. The van der Waals surface area contributed by atoms with Gasteiger partial charge in [0.05, 0.1) is 0 Å². The number of anilines is 1. The molecule has 0 bridgehead atoms. The second kappa shape index (κ2) is 4.17.